The molecule has 0 unspecified atom stereocenters. The lowest BCUT2D eigenvalue weighted by molar-refractivity contribution is -0.136. The Labute approximate surface area is 179 Å². The Morgan fingerprint density at radius 1 is 0.806 bits per heavy atom. The van der Waals surface area contributed by atoms with Crippen LogP contribution in [0.15, 0.2) is 72.8 Å². The molecule has 0 bridgehead atoms. The Balaban J connectivity index is 1.45. The second kappa shape index (κ2) is 8.83. The summed E-state index contributed by atoms with van der Waals surface area (Å²) in [5, 5.41) is 11.4. The van der Waals surface area contributed by atoms with E-state index in [1.807, 2.05) is 36.4 Å². The molecule has 1 amide bonds. The van der Waals surface area contributed by atoms with E-state index in [9.17, 15) is 14.4 Å². The van der Waals surface area contributed by atoms with Crippen molar-refractivity contribution in [2.24, 2.45) is 0 Å². The van der Waals surface area contributed by atoms with Crippen LogP contribution >= 0.6 is 0 Å². The number of aliphatic carboxylic acids is 1. The molecule has 4 rings (SSSR count). The van der Waals surface area contributed by atoms with Crippen LogP contribution in [0, 0.1) is 0 Å². The molecule has 0 atom stereocenters. The average molecular weight is 415 g/mol. The summed E-state index contributed by atoms with van der Waals surface area (Å²) in [6.07, 6.45) is -1.07. The van der Waals surface area contributed by atoms with Crippen molar-refractivity contribution in [3.8, 4) is 11.1 Å². The molecule has 0 heterocycles. The number of amides is 1. The molecule has 3 aromatic rings. The number of fused-ring (bicyclic) bond motifs is 3. The number of carboxylic acids is 1. The lowest BCUT2D eigenvalue weighted by Gasteiger charge is -2.15. The van der Waals surface area contributed by atoms with E-state index in [1.54, 1.807) is 24.3 Å². The van der Waals surface area contributed by atoms with Crippen molar-refractivity contribution in [1.29, 1.82) is 0 Å². The second-order valence-electron chi connectivity index (χ2n) is 7.31. The third-order valence-corrected chi connectivity index (χ3v) is 5.37. The van der Waals surface area contributed by atoms with Crippen LogP contribution in [0.1, 0.15) is 40.2 Å². The van der Waals surface area contributed by atoms with E-state index in [0.29, 0.717) is 5.69 Å². The van der Waals surface area contributed by atoms with E-state index in [2.05, 4.69) is 17.4 Å². The van der Waals surface area contributed by atoms with E-state index in [-0.39, 0.29) is 36.7 Å². The van der Waals surface area contributed by atoms with Crippen LogP contribution in [0.2, 0.25) is 0 Å². The zero-order valence-corrected chi connectivity index (χ0v) is 16.7. The summed E-state index contributed by atoms with van der Waals surface area (Å²) in [5.41, 5.74) is 5.07. The summed E-state index contributed by atoms with van der Waals surface area (Å²) in [4.78, 5) is 35.6. The first-order chi connectivity index (χ1) is 15.0. The van der Waals surface area contributed by atoms with Crippen molar-refractivity contribution in [1.82, 2.24) is 0 Å². The first kappa shape index (κ1) is 20.3. The zero-order valence-electron chi connectivity index (χ0n) is 16.7. The number of carbonyl (C=O) groups excluding carboxylic acids is 2. The van der Waals surface area contributed by atoms with Gasteiger partial charge in [-0.3, -0.25) is 14.9 Å². The van der Waals surface area contributed by atoms with Gasteiger partial charge >= 0.3 is 12.1 Å². The van der Waals surface area contributed by atoms with Crippen LogP contribution in [0.3, 0.4) is 0 Å². The predicted molar refractivity (Wildman–Crippen MR) is 116 cm³/mol. The van der Waals surface area contributed by atoms with Crippen molar-refractivity contribution < 1.29 is 24.2 Å². The molecule has 0 fully saturated rings. The first-order valence-electron chi connectivity index (χ1n) is 10.0. The number of nitrogens with one attached hydrogen (secondary N) is 1. The summed E-state index contributed by atoms with van der Waals surface area (Å²) in [6, 6.07) is 22.6. The van der Waals surface area contributed by atoms with E-state index >= 15 is 0 Å². The number of carboxylic acid groups (broad SMARTS) is 1. The molecule has 1 aliphatic rings. The summed E-state index contributed by atoms with van der Waals surface area (Å²) >= 11 is 0. The van der Waals surface area contributed by atoms with Gasteiger partial charge in [0, 0.05) is 17.9 Å². The highest BCUT2D eigenvalue weighted by Crippen LogP contribution is 2.44. The fraction of sp³-hybridized carbons (Fsp3) is 0.160. The SMILES string of the molecule is O=C(O)CCC(=O)c1ccccc1NC(=O)OCC1c2ccccc2-c2ccccc21. The van der Waals surface area contributed by atoms with Crippen molar-refractivity contribution in [2.75, 3.05) is 11.9 Å². The van der Waals surface area contributed by atoms with Crippen molar-refractivity contribution in [2.45, 2.75) is 18.8 Å². The summed E-state index contributed by atoms with van der Waals surface area (Å²) < 4.78 is 5.52. The highest BCUT2D eigenvalue weighted by atomic mass is 16.5. The van der Waals surface area contributed by atoms with Crippen molar-refractivity contribution in [3.63, 3.8) is 0 Å². The molecule has 1 aliphatic carbocycles. The van der Waals surface area contributed by atoms with E-state index in [4.69, 9.17) is 9.84 Å². The number of ether oxygens (including phenoxy) is 1. The van der Waals surface area contributed by atoms with Crippen LogP contribution in [0.25, 0.3) is 11.1 Å². The molecule has 0 radical (unpaired) electrons. The van der Waals surface area contributed by atoms with E-state index < -0.39 is 12.1 Å². The third kappa shape index (κ3) is 4.33. The van der Waals surface area contributed by atoms with Gasteiger partial charge in [0.15, 0.2) is 5.78 Å². The quantitative estimate of drug-likeness (QED) is 0.524. The molecule has 156 valence electrons. The number of para-hydroxylation sites is 1. The zero-order chi connectivity index (χ0) is 21.8. The van der Waals surface area contributed by atoms with Gasteiger partial charge in [-0.2, -0.15) is 0 Å². The Morgan fingerprint density at radius 2 is 1.39 bits per heavy atom. The predicted octanol–water partition coefficient (Wildman–Crippen LogP) is 5.10. The van der Waals surface area contributed by atoms with Crippen LogP contribution in [0.5, 0.6) is 0 Å². The van der Waals surface area contributed by atoms with Gasteiger partial charge in [-0.15, -0.1) is 0 Å². The highest BCUT2D eigenvalue weighted by molar-refractivity contribution is 6.04. The first-order valence-corrected chi connectivity index (χ1v) is 10.0. The van der Waals surface area contributed by atoms with Crippen LogP contribution in [0.4, 0.5) is 10.5 Å². The molecule has 31 heavy (non-hydrogen) atoms. The standard InChI is InChI=1S/C25H21NO5/c27-23(13-14-24(28)29)20-11-5-6-12-22(20)26-25(30)31-15-21-18-9-3-1-7-16(18)17-8-2-4-10-19(17)21/h1-12,21H,13-15H2,(H,26,30)(H,28,29). The molecule has 0 aromatic heterocycles. The summed E-state index contributed by atoms with van der Waals surface area (Å²) in [7, 11) is 0. The Bertz CT molecular complexity index is 1110. The normalized spacial score (nSPS) is 12.0. The number of Topliss-reactive ketones (excluding diaryl/α,β-unsaturated/α-hetero) is 1. The minimum absolute atomic E-state index is 0.0643. The molecule has 6 heteroatoms. The molecule has 0 aliphatic heterocycles. The minimum Gasteiger partial charge on any atom is -0.481 e. The molecule has 0 spiro atoms. The molecule has 6 nitrogen and oxygen atoms in total. The average Bonchev–Trinajstić information content (AvgIpc) is 3.10. The van der Waals surface area contributed by atoms with E-state index in [1.165, 1.54) is 0 Å². The number of hydrogen-bond donors (Lipinski definition) is 2. The van der Waals surface area contributed by atoms with Gasteiger partial charge in [0.25, 0.3) is 0 Å². The highest BCUT2D eigenvalue weighted by Gasteiger charge is 2.29. The third-order valence-electron chi connectivity index (χ3n) is 5.37. The Hall–Kier alpha value is -3.93. The lowest BCUT2D eigenvalue weighted by Crippen LogP contribution is -2.19. The van der Waals surface area contributed by atoms with Crippen LogP contribution < -0.4 is 5.32 Å². The smallest absolute Gasteiger partial charge is 0.411 e. The van der Waals surface area contributed by atoms with Crippen molar-refractivity contribution >= 4 is 23.5 Å². The molecule has 3 aromatic carbocycles. The van der Waals surface area contributed by atoms with E-state index in [0.717, 1.165) is 22.3 Å². The second-order valence-corrected chi connectivity index (χ2v) is 7.31. The van der Waals surface area contributed by atoms with Gasteiger partial charge in [-0.05, 0) is 34.4 Å². The number of anilines is 1. The van der Waals surface area contributed by atoms with Crippen LogP contribution in [-0.4, -0.2) is 29.6 Å². The lowest BCUT2D eigenvalue weighted by atomic mass is 9.98. The summed E-state index contributed by atoms with van der Waals surface area (Å²) in [6.45, 7) is 0.162. The monoisotopic (exact) mass is 415 g/mol. The van der Waals surface area contributed by atoms with Gasteiger partial charge in [-0.1, -0.05) is 60.7 Å². The fourth-order valence-electron chi connectivity index (χ4n) is 3.93. The van der Waals surface area contributed by atoms with Gasteiger partial charge in [0.1, 0.15) is 6.61 Å². The van der Waals surface area contributed by atoms with Gasteiger partial charge in [-0.25, -0.2) is 4.79 Å². The molecule has 0 saturated carbocycles. The molecular weight excluding hydrogens is 394 g/mol. The topological polar surface area (TPSA) is 92.7 Å². The van der Waals surface area contributed by atoms with Crippen LogP contribution in [-0.2, 0) is 9.53 Å². The molecule has 2 N–H and O–H groups in total. The Morgan fingerprint density at radius 3 is 2.03 bits per heavy atom. The maximum absolute atomic E-state index is 12.5. The largest absolute Gasteiger partial charge is 0.481 e. The van der Waals surface area contributed by atoms with Gasteiger partial charge in [0.05, 0.1) is 12.1 Å². The minimum atomic E-state index is -1.05. The molecule has 0 saturated heterocycles. The number of carbonyl (C=O) groups is 3. The number of ketones is 1. The van der Waals surface area contributed by atoms with Crippen molar-refractivity contribution in [3.05, 3.63) is 89.5 Å². The number of rotatable bonds is 7. The number of hydrogen-bond acceptors (Lipinski definition) is 4. The maximum atomic E-state index is 12.5. The number of benzene rings is 3. The maximum Gasteiger partial charge on any atom is 0.411 e. The summed E-state index contributed by atoms with van der Waals surface area (Å²) in [5.74, 6) is -1.46. The molecular formula is C25H21NO5. The van der Waals surface area contributed by atoms with Gasteiger partial charge in [0.2, 0.25) is 0 Å². The van der Waals surface area contributed by atoms with Gasteiger partial charge < -0.3 is 9.84 Å². The Kier molecular flexibility index (Phi) is 5.80. The fourth-order valence-corrected chi connectivity index (χ4v) is 3.93.